The minimum atomic E-state index is -0.656. The quantitative estimate of drug-likeness (QED) is 0.391. The van der Waals surface area contributed by atoms with Crippen molar-refractivity contribution in [3.63, 3.8) is 0 Å². The van der Waals surface area contributed by atoms with Crippen molar-refractivity contribution in [2.24, 2.45) is 11.8 Å². The highest BCUT2D eigenvalue weighted by molar-refractivity contribution is 6.30. The fourth-order valence-corrected chi connectivity index (χ4v) is 6.62. The molecule has 4 atom stereocenters. The van der Waals surface area contributed by atoms with Crippen LogP contribution in [-0.4, -0.2) is 58.1 Å². The zero-order valence-electron chi connectivity index (χ0n) is 22.9. The van der Waals surface area contributed by atoms with Gasteiger partial charge in [0.2, 0.25) is 5.95 Å². The number of amides is 1. The van der Waals surface area contributed by atoms with Gasteiger partial charge in [0, 0.05) is 37.7 Å². The van der Waals surface area contributed by atoms with Gasteiger partial charge in [0.1, 0.15) is 6.67 Å². The zero-order valence-corrected chi connectivity index (χ0v) is 23.7. The van der Waals surface area contributed by atoms with E-state index in [9.17, 15) is 9.18 Å². The molecule has 0 bridgehead atoms. The number of rotatable bonds is 7. The first-order chi connectivity index (χ1) is 19.4. The third kappa shape index (κ3) is 4.99. The molecule has 0 aromatic carbocycles. The standard InChI is InChI=1S/C28H35ClFN7O3/c1-15-4-6-17(7-5-15)16(2)37-25-22(33-27(37)36-14-21(39-3)9-20(36)11-30)10-23(26-34-28(38)40-35-26)32-24(25)18-8-19(29)13-31-12-18/h8,10,12-13,15-17,20-21,26,35H,4-7,9,11,14H2,1-3H3,(H,34,38)/t15?,16?,17?,20-,21+,26?/m0/s1. The van der Waals surface area contributed by atoms with Gasteiger partial charge in [-0.1, -0.05) is 31.4 Å². The lowest BCUT2D eigenvalue weighted by molar-refractivity contribution is 0.117. The molecule has 2 unspecified atom stereocenters. The molecule has 1 aliphatic carbocycles. The van der Waals surface area contributed by atoms with Crippen LogP contribution in [0.3, 0.4) is 0 Å². The van der Waals surface area contributed by atoms with Crippen molar-refractivity contribution < 1.29 is 18.8 Å². The largest absolute Gasteiger partial charge is 0.427 e. The highest BCUT2D eigenvalue weighted by Crippen LogP contribution is 2.43. The van der Waals surface area contributed by atoms with Crippen molar-refractivity contribution in [1.29, 1.82) is 0 Å². The van der Waals surface area contributed by atoms with Crippen LogP contribution >= 0.6 is 11.6 Å². The number of halogens is 2. The van der Waals surface area contributed by atoms with Gasteiger partial charge < -0.3 is 19.0 Å². The maximum atomic E-state index is 14.4. The number of ether oxygens (including phenoxy) is 1. The van der Waals surface area contributed by atoms with Crippen LogP contribution in [0.15, 0.2) is 24.5 Å². The monoisotopic (exact) mass is 571 g/mol. The Labute approximate surface area is 237 Å². The fraction of sp³-hybridized carbons (Fsp3) is 0.571. The average molecular weight is 572 g/mol. The van der Waals surface area contributed by atoms with Gasteiger partial charge in [0.25, 0.3) is 0 Å². The molecular weight excluding hydrogens is 537 g/mol. The van der Waals surface area contributed by atoms with Gasteiger partial charge in [-0.2, -0.15) is 0 Å². The number of nitrogens with zero attached hydrogens (tertiary/aromatic N) is 5. The maximum absolute atomic E-state index is 14.4. The van der Waals surface area contributed by atoms with Crippen molar-refractivity contribution in [1.82, 2.24) is 30.3 Å². The van der Waals surface area contributed by atoms with Crippen LogP contribution in [0.2, 0.25) is 5.02 Å². The number of alkyl halides is 1. The minimum Gasteiger partial charge on any atom is -0.380 e. The fourth-order valence-electron chi connectivity index (χ4n) is 6.45. The predicted molar refractivity (Wildman–Crippen MR) is 150 cm³/mol. The minimum absolute atomic E-state index is 0.0832. The van der Waals surface area contributed by atoms with E-state index < -0.39 is 18.9 Å². The molecule has 2 saturated heterocycles. The maximum Gasteiger partial charge on any atom is 0.427 e. The number of carbonyl (C=O) groups is 1. The second-order valence-electron chi connectivity index (χ2n) is 11.3. The number of imidazole rings is 1. The lowest BCUT2D eigenvalue weighted by Gasteiger charge is -2.34. The summed E-state index contributed by atoms with van der Waals surface area (Å²) in [5, 5.41) is 3.20. The summed E-state index contributed by atoms with van der Waals surface area (Å²) in [6, 6.07) is 3.42. The van der Waals surface area contributed by atoms with Gasteiger partial charge in [-0.25, -0.2) is 19.2 Å². The number of hydroxylamine groups is 1. The smallest absolute Gasteiger partial charge is 0.380 e. The molecule has 3 aromatic rings. The second kappa shape index (κ2) is 11.1. The summed E-state index contributed by atoms with van der Waals surface area (Å²) in [6.45, 7) is 4.60. The number of aromatic nitrogens is 4. The lowest BCUT2D eigenvalue weighted by Crippen LogP contribution is -2.35. The van der Waals surface area contributed by atoms with Crippen molar-refractivity contribution in [3.05, 3.63) is 35.2 Å². The highest BCUT2D eigenvalue weighted by atomic mass is 35.5. The van der Waals surface area contributed by atoms with Crippen molar-refractivity contribution in [3.8, 4) is 11.3 Å². The number of anilines is 1. The summed E-state index contributed by atoms with van der Waals surface area (Å²) in [7, 11) is 1.67. The molecule has 6 rings (SSSR count). The number of hydrogen-bond donors (Lipinski definition) is 2. The van der Waals surface area contributed by atoms with E-state index in [2.05, 4.69) is 39.1 Å². The highest BCUT2D eigenvalue weighted by Gasteiger charge is 2.38. The average Bonchev–Trinajstić information content (AvgIpc) is 3.68. The number of hydrogen-bond acceptors (Lipinski definition) is 8. The molecule has 10 nitrogen and oxygen atoms in total. The number of carbonyl (C=O) groups excluding carboxylic acids is 1. The summed E-state index contributed by atoms with van der Waals surface area (Å²) in [6.07, 6.45) is 7.16. The van der Waals surface area contributed by atoms with Crippen LogP contribution < -0.4 is 15.7 Å². The number of methoxy groups -OCH3 is 1. The summed E-state index contributed by atoms with van der Waals surface area (Å²) in [5.41, 5.74) is 6.09. The van der Waals surface area contributed by atoms with E-state index in [1.807, 2.05) is 12.1 Å². The van der Waals surface area contributed by atoms with Crippen LogP contribution in [0, 0.1) is 11.8 Å². The molecule has 2 N–H and O–H groups in total. The normalized spacial score (nSPS) is 27.7. The van der Waals surface area contributed by atoms with Crippen LogP contribution in [0.4, 0.5) is 15.1 Å². The van der Waals surface area contributed by atoms with Crippen LogP contribution in [0.1, 0.15) is 63.9 Å². The molecule has 12 heteroatoms. The molecule has 3 aromatic heterocycles. The van der Waals surface area contributed by atoms with Gasteiger partial charge in [-0.15, -0.1) is 5.48 Å². The molecule has 0 spiro atoms. The molecule has 3 aliphatic rings. The Morgan fingerprint density at radius 2 is 2.02 bits per heavy atom. The lowest BCUT2D eigenvalue weighted by atomic mass is 9.79. The number of fused-ring (bicyclic) bond motifs is 1. The van der Waals surface area contributed by atoms with Crippen molar-refractivity contribution in [2.45, 2.75) is 70.3 Å². The van der Waals surface area contributed by atoms with Gasteiger partial charge in [-0.3, -0.25) is 10.3 Å². The molecule has 2 aliphatic heterocycles. The SMILES string of the molecule is CO[C@@H]1C[C@@H](CF)N(c2nc3cc(C4NOC(=O)N4)nc(-c4cncc(Cl)c4)c3n2C(C)C2CCC(C)CC2)C1. The molecular formula is C28H35ClFN7O3. The van der Waals surface area contributed by atoms with E-state index in [0.29, 0.717) is 52.7 Å². The Bertz CT molecular complexity index is 1400. The first-order valence-electron chi connectivity index (χ1n) is 14.0. The Morgan fingerprint density at radius 3 is 2.70 bits per heavy atom. The van der Waals surface area contributed by atoms with E-state index in [0.717, 1.165) is 23.9 Å². The summed E-state index contributed by atoms with van der Waals surface area (Å²) in [5.74, 6) is 1.86. The first-order valence-corrected chi connectivity index (χ1v) is 14.4. The van der Waals surface area contributed by atoms with Crippen LogP contribution in [-0.2, 0) is 9.57 Å². The van der Waals surface area contributed by atoms with Crippen molar-refractivity contribution >= 4 is 34.7 Å². The second-order valence-corrected chi connectivity index (χ2v) is 11.8. The van der Waals surface area contributed by atoms with E-state index >= 15 is 0 Å². The Hall–Kier alpha value is -3.02. The zero-order chi connectivity index (χ0) is 28.0. The van der Waals surface area contributed by atoms with Gasteiger partial charge in [0.15, 0.2) is 6.17 Å². The molecule has 40 heavy (non-hydrogen) atoms. The van der Waals surface area contributed by atoms with E-state index in [4.69, 9.17) is 31.1 Å². The Balaban J connectivity index is 1.57. The molecule has 1 saturated carbocycles. The van der Waals surface area contributed by atoms with Gasteiger partial charge in [-0.05, 0) is 50.2 Å². The topological polar surface area (TPSA) is 106 Å². The van der Waals surface area contributed by atoms with E-state index in [1.165, 1.54) is 12.8 Å². The predicted octanol–water partition coefficient (Wildman–Crippen LogP) is 5.34. The number of nitrogens with one attached hydrogen (secondary N) is 2. The van der Waals surface area contributed by atoms with Crippen LogP contribution in [0.25, 0.3) is 22.3 Å². The third-order valence-corrected chi connectivity index (χ3v) is 8.98. The summed E-state index contributed by atoms with van der Waals surface area (Å²) < 4.78 is 22.3. The van der Waals surface area contributed by atoms with E-state index in [-0.39, 0.29) is 18.2 Å². The molecule has 214 valence electrons. The van der Waals surface area contributed by atoms with Gasteiger partial charge in [0.05, 0.1) is 39.6 Å². The molecule has 0 radical (unpaired) electrons. The summed E-state index contributed by atoms with van der Waals surface area (Å²) in [4.78, 5) is 33.3. The third-order valence-electron chi connectivity index (χ3n) is 8.77. The first kappa shape index (κ1) is 27.2. The van der Waals surface area contributed by atoms with Crippen molar-refractivity contribution in [2.75, 3.05) is 25.2 Å². The Kier molecular flexibility index (Phi) is 7.54. The molecule has 1 amide bonds. The summed E-state index contributed by atoms with van der Waals surface area (Å²) >= 11 is 6.38. The number of pyridine rings is 2. The van der Waals surface area contributed by atoms with Gasteiger partial charge >= 0.3 is 6.09 Å². The Morgan fingerprint density at radius 1 is 1.23 bits per heavy atom. The molecule has 5 heterocycles. The van der Waals surface area contributed by atoms with E-state index in [1.54, 1.807) is 19.5 Å². The van der Waals surface area contributed by atoms with Crippen LogP contribution in [0.5, 0.6) is 0 Å². The molecule has 3 fully saturated rings.